The zero-order chi connectivity index (χ0) is 16.8. The van der Waals surface area contributed by atoms with Gasteiger partial charge in [-0.25, -0.2) is 9.67 Å². The summed E-state index contributed by atoms with van der Waals surface area (Å²) in [6, 6.07) is 7.85. The predicted octanol–water partition coefficient (Wildman–Crippen LogP) is 1.67. The highest BCUT2D eigenvalue weighted by molar-refractivity contribution is 5.77. The fourth-order valence-electron chi connectivity index (χ4n) is 2.91. The number of likely N-dealkylation sites (tertiary alicyclic amines) is 1. The highest BCUT2D eigenvalue weighted by Crippen LogP contribution is 2.20. The molecule has 1 aliphatic heterocycles. The number of amides is 1. The van der Waals surface area contributed by atoms with Crippen LogP contribution < -0.4 is 4.74 Å². The molecule has 7 nitrogen and oxygen atoms in total. The quantitative estimate of drug-likeness (QED) is 0.806. The normalized spacial score (nSPS) is 17.7. The second-order valence-corrected chi connectivity index (χ2v) is 5.86. The second-order valence-electron chi connectivity index (χ2n) is 5.86. The summed E-state index contributed by atoms with van der Waals surface area (Å²) in [7, 11) is 1.63. The molecule has 1 fully saturated rings. The first-order chi connectivity index (χ1) is 11.8. The Bertz CT molecular complexity index is 660. The van der Waals surface area contributed by atoms with Gasteiger partial charge in [0, 0.05) is 13.1 Å². The fraction of sp³-hybridized carbons (Fsp3) is 0.471. The molecule has 1 aromatic carbocycles. The molecule has 0 aliphatic carbocycles. The molecule has 0 bridgehead atoms. The number of nitrogens with zero attached hydrogens (tertiary/aromatic N) is 4. The molecule has 1 atom stereocenters. The minimum atomic E-state index is 0.0164. The summed E-state index contributed by atoms with van der Waals surface area (Å²) >= 11 is 0. The minimum Gasteiger partial charge on any atom is -0.497 e. The Kier molecular flexibility index (Phi) is 5.43. The van der Waals surface area contributed by atoms with Gasteiger partial charge in [0.15, 0.2) is 0 Å². The summed E-state index contributed by atoms with van der Waals surface area (Å²) in [4.78, 5) is 18.2. The van der Waals surface area contributed by atoms with Crippen LogP contribution in [0.25, 0.3) is 0 Å². The number of carbonyl (C=O) groups excluding carboxylic acids is 1. The largest absolute Gasteiger partial charge is 0.497 e. The van der Waals surface area contributed by atoms with E-state index in [-0.39, 0.29) is 18.6 Å². The van der Waals surface area contributed by atoms with E-state index >= 15 is 0 Å². The van der Waals surface area contributed by atoms with E-state index in [2.05, 4.69) is 10.1 Å². The van der Waals surface area contributed by atoms with Gasteiger partial charge in [-0.05, 0) is 30.5 Å². The molecule has 0 saturated carbocycles. The molecule has 2 heterocycles. The van der Waals surface area contributed by atoms with Gasteiger partial charge in [0.2, 0.25) is 5.91 Å². The van der Waals surface area contributed by atoms with Crippen LogP contribution in [-0.2, 0) is 16.1 Å². The second kappa shape index (κ2) is 7.92. The van der Waals surface area contributed by atoms with Crippen molar-refractivity contribution >= 4 is 5.91 Å². The molecule has 0 spiro atoms. The molecule has 0 unspecified atom stereocenters. The van der Waals surface area contributed by atoms with Crippen molar-refractivity contribution in [1.82, 2.24) is 19.7 Å². The molecule has 1 aliphatic rings. The molecule has 3 rings (SSSR count). The van der Waals surface area contributed by atoms with Gasteiger partial charge in [0.05, 0.1) is 19.8 Å². The van der Waals surface area contributed by atoms with Gasteiger partial charge in [0.25, 0.3) is 0 Å². The standard InChI is InChI=1S/C17H22N4O3/c1-23-16-6-2-4-14(8-16)10-24-11-17(22)20-7-3-5-15(9-20)21-13-18-12-19-21/h2,4,6,8,12-13,15H,3,5,7,9-11H2,1H3/t15-/m1/s1. The Balaban J connectivity index is 1.47. The lowest BCUT2D eigenvalue weighted by molar-refractivity contribution is -0.138. The fourth-order valence-corrected chi connectivity index (χ4v) is 2.91. The molecule has 1 saturated heterocycles. The molecular weight excluding hydrogens is 308 g/mol. The van der Waals surface area contributed by atoms with E-state index in [4.69, 9.17) is 9.47 Å². The molecule has 2 aromatic rings. The van der Waals surface area contributed by atoms with Gasteiger partial charge in [-0.2, -0.15) is 5.10 Å². The maximum atomic E-state index is 12.4. The number of piperidine rings is 1. The van der Waals surface area contributed by atoms with E-state index in [0.29, 0.717) is 13.2 Å². The summed E-state index contributed by atoms with van der Waals surface area (Å²) in [5, 5.41) is 4.18. The number of benzene rings is 1. The Labute approximate surface area is 141 Å². The van der Waals surface area contributed by atoms with Crippen LogP contribution in [0, 0.1) is 0 Å². The van der Waals surface area contributed by atoms with Crippen molar-refractivity contribution in [3.63, 3.8) is 0 Å². The van der Waals surface area contributed by atoms with Gasteiger partial charge in [-0.15, -0.1) is 0 Å². The van der Waals surface area contributed by atoms with Crippen LogP contribution in [0.2, 0.25) is 0 Å². The summed E-state index contributed by atoms with van der Waals surface area (Å²) in [6.45, 7) is 1.90. The number of ether oxygens (including phenoxy) is 2. The van der Waals surface area contributed by atoms with E-state index in [1.54, 1.807) is 13.4 Å². The maximum absolute atomic E-state index is 12.4. The maximum Gasteiger partial charge on any atom is 0.248 e. The first kappa shape index (κ1) is 16.4. The lowest BCUT2D eigenvalue weighted by Crippen LogP contribution is -2.42. The van der Waals surface area contributed by atoms with Gasteiger partial charge < -0.3 is 14.4 Å². The molecule has 1 amide bonds. The van der Waals surface area contributed by atoms with Crippen molar-refractivity contribution in [1.29, 1.82) is 0 Å². The lowest BCUT2D eigenvalue weighted by atomic mass is 10.1. The van der Waals surface area contributed by atoms with Crippen molar-refractivity contribution in [3.05, 3.63) is 42.5 Å². The van der Waals surface area contributed by atoms with Crippen molar-refractivity contribution in [2.24, 2.45) is 0 Å². The van der Waals surface area contributed by atoms with E-state index in [9.17, 15) is 4.79 Å². The third-order valence-corrected chi connectivity index (χ3v) is 4.19. The molecule has 0 radical (unpaired) electrons. The number of rotatable bonds is 6. The van der Waals surface area contributed by atoms with E-state index in [1.165, 1.54) is 6.33 Å². The van der Waals surface area contributed by atoms with Gasteiger partial charge in [-0.1, -0.05) is 12.1 Å². The number of hydrogen-bond acceptors (Lipinski definition) is 5. The Morgan fingerprint density at radius 3 is 3.12 bits per heavy atom. The van der Waals surface area contributed by atoms with Crippen LogP contribution in [-0.4, -0.2) is 52.4 Å². The summed E-state index contributed by atoms with van der Waals surface area (Å²) in [5.74, 6) is 0.803. The van der Waals surface area contributed by atoms with E-state index in [0.717, 1.165) is 30.7 Å². The van der Waals surface area contributed by atoms with Crippen molar-refractivity contribution in [2.75, 3.05) is 26.8 Å². The summed E-state index contributed by atoms with van der Waals surface area (Å²) < 4.78 is 12.6. The monoisotopic (exact) mass is 330 g/mol. The van der Waals surface area contributed by atoms with Gasteiger partial charge >= 0.3 is 0 Å². The Hall–Kier alpha value is -2.41. The zero-order valence-electron chi connectivity index (χ0n) is 13.8. The van der Waals surface area contributed by atoms with E-state index in [1.807, 2.05) is 33.8 Å². The smallest absolute Gasteiger partial charge is 0.248 e. The molecule has 128 valence electrons. The van der Waals surface area contributed by atoms with Crippen LogP contribution in [0.4, 0.5) is 0 Å². The predicted molar refractivity (Wildman–Crippen MR) is 87.5 cm³/mol. The van der Waals surface area contributed by atoms with Crippen LogP contribution >= 0.6 is 0 Å². The van der Waals surface area contributed by atoms with Crippen LogP contribution in [0.15, 0.2) is 36.9 Å². The van der Waals surface area contributed by atoms with Crippen molar-refractivity contribution < 1.29 is 14.3 Å². The third-order valence-electron chi connectivity index (χ3n) is 4.19. The molecule has 24 heavy (non-hydrogen) atoms. The molecular formula is C17H22N4O3. The van der Waals surface area contributed by atoms with Crippen molar-refractivity contribution in [2.45, 2.75) is 25.5 Å². The topological polar surface area (TPSA) is 69.5 Å². The van der Waals surface area contributed by atoms with Crippen molar-refractivity contribution in [3.8, 4) is 5.75 Å². The van der Waals surface area contributed by atoms with Crippen LogP contribution in [0.1, 0.15) is 24.4 Å². The first-order valence-corrected chi connectivity index (χ1v) is 8.09. The first-order valence-electron chi connectivity index (χ1n) is 8.09. The highest BCUT2D eigenvalue weighted by Gasteiger charge is 2.25. The molecule has 1 aromatic heterocycles. The number of carbonyl (C=O) groups is 1. The molecule has 7 heteroatoms. The zero-order valence-corrected chi connectivity index (χ0v) is 13.8. The average Bonchev–Trinajstić information content (AvgIpc) is 3.17. The van der Waals surface area contributed by atoms with Crippen LogP contribution in [0.3, 0.4) is 0 Å². The number of methoxy groups -OCH3 is 1. The lowest BCUT2D eigenvalue weighted by Gasteiger charge is -2.32. The van der Waals surface area contributed by atoms with Gasteiger partial charge in [-0.3, -0.25) is 4.79 Å². The average molecular weight is 330 g/mol. The summed E-state index contributed by atoms with van der Waals surface area (Å²) in [5.41, 5.74) is 0.987. The number of hydrogen-bond donors (Lipinski definition) is 0. The third kappa shape index (κ3) is 4.11. The minimum absolute atomic E-state index is 0.0164. The van der Waals surface area contributed by atoms with E-state index < -0.39 is 0 Å². The Morgan fingerprint density at radius 2 is 2.33 bits per heavy atom. The number of aromatic nitrogens is 3. The van der Waals surface area contributed by atoms with Crippen LogP contribution in [0.5, 0.6) is 5.75 Å². The SMILES string of the molecule is COc1cccc(COCC(=O)N2CCC[C@@H](n3cncn3)C2)c1. The highest BCUT2D eigenvalue weighted by atomic mass is 16.5. The van der Waals surface area contributed by atoms with Gasteiger partial charge in [0.1, 0.15) is 25.0 Å². The molecule has 0 N–H and O–H groups in total. The summed E-state index contributed by atoms with van der Waals surface area (Å²) in [6.07, 6.45) is 5.21. The Morgan fingerprint density at radius 1 is 1.42 bits per heavy atom.